The van der Waals surface area contributed by atoms with Crippen molar-refractivity contribution in [1.82, 2.24) is 19.9 Å². The monoisotopic (exact) mass is 344 g/mol. The molecule has 0 fully saturated rings. The molecule has 0 saturated heterocycles. The number of rotatable bonds is 3. The van der Waals surface area contributed by atoms with Gasteiger partial charge in [0.15, 0.2) is 11.2 Å². The average molecular weight is 344 g/mol. The Morgan fingerprint density at radius 3 is 2.24 bits per heavy atom. The van der Waals surface area contributed by atoms with E-state index in [1.807, 2.05) is 0 Å². The highest BCUT2D eigenvalue weighted by atomic mass is 31.3. The average Bonchev–Trinajstić information content (AvgIpc) is 2.73. The number of aromatic nitrogens is 4. The van der Waals surface area contributed by atoms with E-state index in [2.05, 4.69) is 29.7 Å². The fraction of sp³-hybridized carbons (Fsp3) is 0. The molecule has 0 aromatic carbocycles. The molecule has 2 aromatic rings. The number of imidazole rings is 1. The lowest BCUT2D eigenvalue weighted by Crippen LogP contribution is -2.16. The van der Waals surface area contributed by atoms with Crippen LogP contribution in [0.3, 0.4) is 0 Å². The van der Waals surface area contributed by atoms with Crippen LogP contribution in [0.5, 0.6) is 0 Å². The molecule has 21 heavy (non-hydrogen) atoms. The van der Waals surface area contributed by atoms with E-state index in [-0.39, 0.29) is 11.5 Å². The van der Waals surface area contributed by atoms with Gasteiger partial charge in [0.1, 0.15) is 0 Å². The van der Waals surface area contributed by atoms with Gasteiger partial charge in [0, 0.05) is 0 Å². The Morgan fingerprint density at radius 1 is 1.24 bits per heavy atom. The zero-order chi connectivity index (χ0) is 16.3. The Hall–Kier alpha value is -1.63. The topological polar surface area (TPSA) is 237 Å². The maximum absolute atomic E-state index is 11.2. The molecule has 0 atom stereocenters. The minimum absolute atomic E-state index is 0.194. The van der Waals surface area contributed by atoms with E-state index in [4.69, 9.17) is 25.4 Å². The van der Waals surface area contributed by atoms with Crippen molar-refractivity contribution in [1.29, 1.82) is 0 Å². The lowest BCUT2D eigenvalue weighted by molar-refractivity contribution is 0.225. The lowest BCUT2D eigenvalue weighted by atomic mass is 10.5. The SMILES string of the molecule is NNc1nc2nc[nH]c2c(=O)[nH]1.O=P(O)(O)OP(=O)(O)O. The van der Waals surface area contributed by atoms with Gasteiger partial charge in [-0.25, -0.2) is 20.0 Å². The zero-order valence-corrected chi connectivity index (χ0v) is 11.7. The van der Waals surface area contributed by atoms with Gasteiger partial charge >= 0.3 is 15.6 Å². The maximum Gasteiger partial charge on any atom is 0.478 e. The fourth-order valence-corrected chi connectivity index (χ4v) is 2.16. The van der Waals surface area contributed by atoms with E-state index in [1.54, 1.807) is 0 Å². The van der Waals surface area contributed by atoms with Crippen LogP contribution in [0.1, 0.15) is 0 Å². The molecule has 0 radical (unpaired) electrons. The molecule has 0 unspecified atom stereocenters. The Labute approximate surface area is 114 Å². The predicted octanol–water partition coefficient (Wildman–Crippen LogP) is -1.88. The molecule has 14 nitrogen and oxygen atoms in total. The molecule has 0 spiro atoms. The molecule has 2 aromatic heterocycles. The van der Waals surface area contributed by atoms with Crippen LogP contribution >= 0.6 is 15.6 Å². The Kier molecular flexibility index (Phi) is 5.33. The standard InChI is InChI=1S/C5H6N6O.H4O7P2/c6-11-5-9-3-2(4(12)10-5)7-1-8-3;1-8(2,3)7-9(4,5)6/h1H,6H2,(H3,7,8,9,10,11,12);(H2,1,2,3)(H2,4,5,6). The third-order valence-corrected chi connectivity index (χ3v) is 3.35. The first-order valence-electron chi connectivity index (χ1n) is 4.74. The number of aromatic amines is 2. The van der Waals surface area contributed by atoms with Gasteiger partial charge in [0.25, 0.3) is 5.56 Å². The summed E-state index contributed by atoms with van der Waals surface area (Å²) in [6, 6.07) is 0. The van der Waals surface area contributed by atoms with Crippen LogP contribution in [0.2, 0.25) is 0 Å². The second-order valence-corrected chi connectivity index (χ2v) is 5.84. The highest BCUT2D eigenvalue weighted by Gasteiger charge is 2.27. The summed E-state index contributed by atoms with van der Waals surface area (Å²) in [5.74, 6) is 5.25. The highest BCUT2D eigenvalue weighted by Crippen LogP contribution is 2.53. The highest BCUT2D eigenvalue weighted by molar-refractivity contribution is 7.60. The van der Waals surface area contributed by atoms with Crippen LogP contribution in [0, 0.1) is 0 Å². The number of anilines is 1. The summed E-state index contributed by atoms with van der Waals surface area (Å²) in [7, 11) is -10.1. The third-order valence-electron chi connectivity index (χ3n) is 1.65. The van der Waals surface area contributed by atoms with E-state index < -0.39 is 15.6 Å². The van der Waals surface area contributed by atoms with Gasteiger partial charge in [-0.05, 0) is 0 Å². The normalized spacial score (nSPS) is 11.9. The van der Waals surface area contributed by atoms with Gasteiger partial charge in [-0.2, -0.15) is 9.29 Å². The molecule has 0 aliphatic rings. The number of phosphoric acid groups is 2. The summed E-state index contributed by atoms with van der Waals surface area (Å²) < 4.78 is 22.2. The Bertz CT molecular complexity index is 738. The number of hydrogen-bond donors (Lipinski definition) is 8. The van der Waals surface area contributed by atoms with E-state index in [1.165, 1.54) is 6.33 Å². The van der Waals surface area contributed by atoms with Gasteiger partial charge in [-0.3, -0.25) is 15.2 Å². The van der Waals surface area contributed by atoms with E-state index in [9.17, 15) is 13.9 Å². The molecule has 0 aliphatic heterocycles. The quantitative estimate of drug-likeness (QED) is 0.173. The van der Waals surface area contributed by atoms with Gasteiger partial charge in [-0.15, -0.1) is 0 Å². The zero-order valence-electron chi connectivity index (χ0n) is 9.87. The van der Waals surface area contributed by atoms with Gasteiger partial charge in [0.05, 0.1) is 6.33 Å². The summed E-state index contributed by atoms with van der Waals surface area (Å²) in [6.07, 6.45) is 1.40. The largest absolute Gasteiger partial charge is 0.478 e. The molecule has 0 amide bonds. The summed E-state index contributed by atoms with van der Waals surface area (Å²) in [5.41, 5.74) is 2.61. The van der Waals surface area contributed by atoms with Crippen molar-refractivity contribution in [3.8, 4) is 0 Å². The first-order chi connectivity index (χ1) is 9.52. The molecule has 0 saturated carbocycles. The molecular formula is C5H10N6O8P2. The molecule has 16 heteroatoms. The van der Waals surface area contributed by atoms with Crippen LogP contribution < -0.4 is 16.8 Å². The molecule has 118 valence electrons. The molecule has 2 heterocycles. The minimum Gasteiger partial charge on any atom is -0.339 e. The summed E-state index contributed by atoms with van der Waals surface area (Å²) in [4.78, 5) is 54.9. The number of nitrogens with one attached hydrogen (secondary N) is 3. The lowest BCUT2D eigenvalue weighted by Gasteiger charge is -2.03. The van der Waals surface area contributed by atoms with Gasteiger partial charge in [0.2, 0.25) is 5.95 Å². The van der Waals surface area contributed by atoms with Crippen LogP contribution in [-0.4, -0.2) is 39.5 Å². The Morgan fingerprint density at radius 2 is 1.81 bits per heavy atom. The van der Waals surface area contributed by atoms with E-state index in [0.29, 0.717) is 11.2 Å². The predicted molar refractivity (Wildman–Crippen MR) is 67.5 cm³/mol. The van der Waals surface area contributed by atoms with Crippen molar-refractivity contribution in [3.63, 3.8) is 0 Å². The van der Waals surface area contributed by atoms with E-state index >= 15 is 0 Å². The molecular weight excluding hydrogens is 334 g/mol. The molecule has 2 rings (SSSR count). The van der Waals surface area contributed by atoms with Crippen molar-refractivity contribution in [3.05, 3.63) is 16.7 Å². The maximum atomic E-state index is 11.2. The van der Waals surface area contributed by atoms with Gasteiger partial charge < -0.3 is 24.6 Å². The molecule has 9 N–H and O–H groups in total. The van der Waals surface area contributed by atoms with Crippen molar-refractivity contribution < 1.29 is 33.0 Å². The third kappa shape index (κ3) is 6.12. The van der Waals surface area contributed by atoms with Crippen molar-refractivity contribution in [2.24, 2.45) is 5.84 Å². The molecule has 0 aliphatic carbocycles. The fourth-order valence-electron chi connectivity index (χ4n) is 1.05. The van der Waals surface area contributed by atoms with Crippen LogP contribution in [0.4, 0.5) is 5.95 Å². The first kappa shape index (κ1) is 17.4. The van der Waals surface area contributed by atoms with Crippen LogP contribution in [-0.2, 0) is 13.4 Å². The number of hydrazine groups is 1. The van der Waals surface area contributed by atoms with Crippen molar-refractivity contribution >= 4 is 32.8 Å². The number of nitrogens with zero attached hydrogens (tertiary/aromatic N) is 2. The van der Waals surface area contributed by atoms with Crippen LogP contribution in [0.15, 0.2) is 11.1 Å². The van der Waals surface area contributed by atoms with Crippen molar-refractivity contribution in [2.45, 2.75) is 0 Å². The van der Waals surface area contributed by atoms with Crippen LogP contribution in [0.25, 0.3) is 11.2 Å². The summed E-state index contributed by atoms with van der Waals surface area (Å²) >= 11 is 0. The summed E-state index contributed by atoms with van der Waals surface area (Å²) in [5, 5.41) is 0. The Balaban J connectivity index is 0.000000222. The van der Waals surface area contributed by atoms with Gasteiger partial charge in [-0.1, -0.05) is 0 Å². The minimum atomic E-state index is -5.05. The number of hydrogen-bond acceptors (Lipinski definition) is 8. The number of nitrogen functional groups attached to an aromatic ring is 1. The first-order valence-corrected chi connectivity index (χ1v) is 7.80. The second-order valence-electron chi connectivity index (χ2n) is 3.22. The number of fused-ring (bicyclic) bond motifs is 1. The summed E-state index contributed by atoms with van der Waals surface area (Å²) in [6.45, 7) is 0. The van der Waals surface area contributed by atoms with E-state index in [0.717, 1.165) is 0 Å². The number of H-pyrrole nitrogens is 2. The molecule has 0 bridgehead atoms. The second kappa shape index (κ2) is 6.43. The van der Waals surface area contributed by atoms with Crippen molar-refractivity contribution in [2.75, 3.05) is 5.43 Å². The number of nitrogens with two attached hydrogens (primary N) is 1. The smallest absolute Gasteiger partial charge is 0.339 e.